The van der Waals surface area contributed by atoms with E-state index in [4.69, 9.17) is 21.1 Å². The first-order valence-electron chi connectivity index (χ1n) is 11.0. The maximum Gasteiger partial charge on any atom is 0.294 e. The van der Waals surface area contributed by atoms with E-state index in [1.807, 2.05) is 31.2 Å². The zero-order valence-electron chi connectivity index (χ0n) is 19.6. The predicted octanol–water partition coefficient (Wildman–Crippen LogP) is 5.91. The summed E-state index contributed by atoms with van der Waals surface area (Å²) in [5.41, 5.74) is 3.11. The first-order valence-corrected chi connectivity index (χ1v) is 12.2. The number of carbonyl (C=O) groups excluding carboxylic acids is 3. The molecule has 0 atom stereocenters. The number of ether oxygens (including phenoxy) is 2. The van der Waals surface area contributed by atoms with Crippen LogP contribution < -0.4 is 14.8 Å². The topological polar surface area (TPSA) is 84.9 Å². The lowest BCUT2D eigenvalue weighted by atomic mass is 10.1. The van der Waals surface area contributed by atoms with Crippen molar-refractivity contribution in [3.63, 3.8) is 0 Å². The molecule has 0 bridgehead atoms. The van der Waals surface area contributed by atoms with Gasteiger partial charge < -0.3 is 14.8 Å². The third kappa shape index (κ3) is 6.08. The fraction of sp³-hybridized carbons (Fsp3) is 0.148. The Kier molecular flexibility index (Phi) is 7.97. The number of hydrogen-bond acceptors (Lipinski definition) is 6. The number of rotatable bonds is 8. The fourth-order valence-electron chi connectivity index (χ4n) is 3.46. The van der Waals surface area contributed by atoms with E-state index in [9.17, 15) is 14.4 Å². The zero-order valence-corrected chi connectivity index (χ0v) is 21.2. The summed E-state index contributed by atoms with van der Waals surface area (Å²) in [4.78, 5) is 39.1. The third-order valence-electron chi connectivity index (χ3n) is 5.32. The first-order chi connectivity index (χ1) is 17.3. The van der Waals surface area contributed by atoms with Crippen molar-refractivity contribution in [1.82, 2.24) is 4.90 Å². The van der Waals surface area contributed by atoms with E-state index in [0.29, 0.717) is 27.8 Å². The molecule has 3 aromatic carbocycles. The lowest BCUT2D eigenvalue weighted by Gasteiger charge is -2.14. The Hall–Kier alpha value is -3.75. The molecular weight excluding hydrogens is 500 g/mol. The van der Waals surface area contributed by atoms with Crippen LogP contribution in [0.15, 0.2) is 71.6 Å². The molecule has 0 radical (unpaired) electrons. The summed E-state index contributed by atoms with van der Waals surface area (Å²) in [5, 5.41) is 2.81. The highest BCUT2D eigenvalue weighted by atomic mass is 35.5. The molecule has 3 aromatic rings. The molecule has 0 spiro atoms. The molecular formula is C27H23ClN2O5S. The molecule has 1 fully saturated rings. The number of benzene rings is 3. The van der Waals surface area contributed by atoms with Crippen LogP contribution in [0.2, 0.25) is 5.02 Å². The van der Waals surface area contributed by atoms with E-state index in [2.05, 4.69) is 5.32 Å². The second-order valence-electron chi connectivity index (χ2n) is 7.98. The summed E-state index contributed by atoms with van der Waals surface area (Å²) in [7, 11) is 1.52. The Morgan fingerprint density at radius 2 is 1.78 bits per heavy atom. The number of para-hydroxylation sites is 1. The molecule has 184 valence electrons. The average Bonchev–Trinajstić information content (AvgIpc) is 3.12. The molecule has 4 rings (SSSR count). The van der Waals surface area contributed by atoms with E-state index in [-0.39, 0.29) is 18.1 Å². The van der Waals surface area contributed by atoms with Gasteiger partial charge in [-0.3, -0.25) is 19.3 Å². The summed E-state index contributed by atoms with van der Waals surface area (Å²) in [6, 6.07) is 19.8. The van der Waals surface area contributed by atoms with Crippen molar-refractivity contribution >= 4 is 52.2 Å². The highest BCUT2D eigenvalue weighted by molar-refractivity contribution is 8.18. The lowest BCUT2D eigenvalue weighted by molar-refractivity contribution is -0.127. The monoisotopic (exact) mass is 522 g/mol. The molecule has 0 saturated carbocycles. The van der Waals surface area contributed by atoms with Gasteiger partial charge in [-0.15, -0.1) is 0 Å². The minimum atomic E-state index is -0.546. The Bertz CT molecular complexity index is 1320. The Morgan fingerprint density at radius 3 is 2.47 bits per heavy atom. The molecule has 36 heavy (non-hydrogen) atoms. The first kappa shape index (κ1) is 25.3. The minimum Gasteiger partial charge on any atom is -0.493 e. The molecule has 1 heterocycles. The van der Waals surface area contributed by atoms with Crippen molar-refractivity contribution in [3.05, 3.63) is 93.3 Å². The summed E-state index contributed by atoms with van der Waals surface area (Å²) in [6.07, 6.45) is 1.57. The quantitative estimate of drug-likeness (QED) is 0.370. The van der Waals surface area contributed by atoms with Gasteiger partial charge in [0.15, 0.2) is 11.5 Å². The van der Waals surface area contributed by atoms with E-state index in [1.54, 1.807) is 48.5 Å². The van der Waals surface area contributed by atoms with E-state index in [0.717, 1.165) is 27.8 Å². The van der Waals surface area contributed by atoms with E-state index < -0.39 is 17.1 Å². The number of nitrogens with zero attached hydrogens (tertiary/aromatic N) is 1. The van der Waals surface area contributed by atoms with Crippen LogP contribution >= 0.6 is 23.4 Å². The second-order valence-corrected chi connectivity index (χ2v) is 9.41. The fourth-order valence-corrected chi connectivity index (χ4v) is 4.41. The molecule has 7 nitrogen and oxygen atoms in total. The molecule has 0 unspecified atom stereocenters. The molecule has 9 heteroatoms. The number of carbonyl (C=O) groups is 3. The molecule has 1 N–H and O–H groups in total. The summed E-state index contributed by atoms with van der Waals surface area (Å²) in [6.45, 7) is 1.81. The SMILES string of the molecule is COc1cccc(C=C2SC(=O)N(CC(=O)Nc3ccc(C)cc3)C2=O)c1OCc1ccc(Cl)cc1. The molecule has 0 aromatic heterocycles. The van der Waals surface area contributed by atoms with Crippen LogP contribution in [0.3, 0.4) is 0 Å². The van der Waals surface area contributed by atoms with Crippen molar-refractivity contribution in [1.29, 1.82) is 0 Å². The van der Waals surface area contributed by atoms with Crippen LogP contribution in [-0.4, -0.2) is 35.6 Å². The van der Waals surface area contributed by atoms with Crippen LogP contribution in [0.4, 0.5) is 10.5 Å². The summed E-state index contributed by atoms with van der Waals surface area (Å²) >= 11 is 6.72. The Balaban J connectivity index is 1.50. The van der Waals surface area contributed by atoms with Gasteiger partial charge in [0.1, 0.15) is 13.2 Å². The van der Waals surface area contributed by atoms with Crippen LogP contribution in [-0.2, 0) is 16.2 Å². The van der Waals surface area contributed by atoms with Gasteiger partial charge in [-0.1, -0.05) is 53.6 Å². The molecule has 0 aliphatic carbocycles. The highest BCUT2D eigenvalue weighted by Gasteiger charge is 2.36. The van der Waals surface area contributed by atoms with Crippen molar-refractivity contribution in [2.24, 2.45) is 0 Å². The van der Waals surface area contributed by atoms with Gasteiger partial charge in [0.2, 0.25) is 5.91 Å². The predicted molar refractivity (Wildman–Crippen MR) is 141 cm³/mol. The van der Waals surface area contributed by atoms with Crippen molar-refractivity contribution in [2.45, 2.75) is 13.5 Å². The lowest BCUT2D eigenvalue weighted by Crippen LogP contribution is -2.36. The number of anilines is 1. The van der Waals surface area contributed by atoms with Crippen LogP contribution in [0.5, 0.6) is 11.5 Å². The second kappa shape index (κ2) is 11.3. The van der Waals surface area contributed by atoms with Crippen molar-refractivity contribution < 1.29 is 23.9 Å². The number of methoxy groups -OCH3 is 1. The van der Waals surface area contributed by atoms with Gasteiger partial charge in [-0.25, -0.2) is 0 Å². The van der Waals surface area contributed by atoms with Gasteiger partial charge in [0.25, 0.3) is 11.1 Å². The highest BCUT2D eigenvalue weighted by Crippen LogP contribution is 2.37. The van der Waals surface area contributed by atoms with Gasteiger partial charge in [-0.2, -0.15) is 0 Å². The minimum absolute atomic E-state index is 0.188. The van der Waals surface area contributed by atoms with Crippen LogP contribution in [0.1, 0.15) is 16.7 Å². The largest absolute Gasteiger partial charge is 0.493 e. The number of nitrogens with one attached hydrogen (secondary N) is 1. The standard InChI is InChI=1S/C27H23ClN2O5S/c1-17-6-12-21(13-7-17)29-24(31)15-30-26(32)23(36-27(30)33)14-19-4-3-5-22(34-2)25(19)35-16-18-8-10-20(28)11-9-18/h3-14H,15-16H2,1-2H3,(H,29,31). The maximum absolute atomic E-state index is 13.0. The molecule has 1 saturated heterocycles. The van der Waals surface area contributed by atoms with Crippen molar-refractivity contribution in [3.8, 4) is 11.5 Å². The van der Waals surface area contributed by atoms with E-state index in [1.165, 1.54) is 7.11 Å². The molecule has 3 amide bonds. The number of amides is 3. The normalized spacial score (nSPS) is 14.3. The van der Waals surface area contributed by atoms with Crippen LogP contribution in [0, 0.1) is 6.92 Å². The average molecular weight is 523 g/mol. The maximum atomic E-state index is 13.0. The Morgan fingerprint density at radius 1 is 1.06 bits per heavy atom. The van der Waals surface area contributed by atoms with Crippen LogP contribution in [0.25, 0.3) is 6.08 Å². The number of halogens is 1. The third-order valence-corrected chi connectivity index (χ3v) is 6.48. The van der Waals surface area contributed by atoms with Gasteiger partial charge >= 0.3 is 0 Å². The number of hydrogen-bond donors (Lipinski definition) is 1. The zero-order chi connectivity index (χ0) is 25.7. The number of aryl methyl sites for hydroxylation is 1. The van der Waals surface area contributed by atoms with Gasteiger partial charge in [0, 0.05) is 16.3 Å². The van der Waals surface area contributed by atoms with Gasteiger partial charge in [0.05, 0.1) is 12.0 Å². The Labute approximate surface area is 218 Å². The molecule has 1 aliphatic rings. The number of imide groups is 1. The summed E-state index contributed by atoms with van der Waals surface area (Å²) < 4.78 is 11.5. The molecule has 1 aliphatic heterocycles. The summed E-state index contributed by atoms with van der Waals surface area (Å²) in [5.74, 6) is -0.0976. The smallest absolute Gasteiger partial charge is 0.294 e. The van der Waals surface area contributed by atoms with Gasteiger partial charge in [-0.05, 0) is 60.7 Å². The number of thioether (sulfide) groups is 1. The van der Waals surface area contributed by atoms with Crippen molar-refractivity contribution in [2.75, 3.05) is 19.0 Å². The van der Waals surface area contributed by atoms with E-state index >= 15 is 0 Å².